The van der Waals surface area contributed by atoms with E-state index in [1.807, 2.05) is 0 Å². The molecule has 2 bridgehead atoms. The quantitative estimate of drug-likeness (QED) is 0.296. The third-order valence-electron chi connectivity index (χ3n) is 9.89. The van der Waals surface area contributed by atoms with E-state index in [9.17, 15) is 4.79 Å². The molecule has 1 aromatic carbocycles. The van der Waals surface area contributed by atoms with E-state index in [0.29, 0.717) is 27.4 Å². The van der Waals surface area contributed by atoms with Gasteiger partial charge in [-0.2, -0.15) is 0 Å². The molecule has 3 heterocycles. The number of carbonyl (C=O) groups is 1. The van der Waals surface area contributed by atoms with Crippen molar-refractivity contribution in [2.24, 2.45) is 23.7 Å². The van der Waals surface area contributed by atoms with Crippen molar-refractivity contribution in [2.75, 3.05) is 32.3 Å². The number of ether oxygens (including phenoxy) is 2. The monoisotopic (exact) mass is 543 g/mol. The van der Waals surface area contributed by atoms with Gasteiger partial charge in [0.25, 0.3) is 0 Å². The fraction of sp³-hybridized carbons (Fsp3) is 0.690. The summed E-state index contributed by atoms with van der Waals surface area (Å²) in [5, 5.41) is 0. The second kappa shape index (κ2) is 9.01. The van der Waals surface area contributed by atoms with Gasteiger partial charge in [0.15, 0.2) is 11.5 Å². The standard InChI is InChI=1S/C29H41NO3S2Si/c1-32-23-17-19-10-13-30-27(31)25-20-8-9-21(16-20)26(25)28(30,22(19)18-24(23)33-2)11-6-12-29(36(3,4)5)34-14-7-15-35-29/h8-9,17-18,20-21,25-26H,6-7,10-16H2,1-5H3/t20-,21+,25+,26-,28?/m1/s1. The molecule has 36 heavy (non-hydrogen) atoms. The highest BCUT2D eigenvalue weighted by molar-refractivity contribution is 8.21. The van der Waals surface area contributed by atoms with Crippen LogP contribution in [0.4, 0.5) is 0 Å². The lowest BCUT2D eigenvalue weighted by atomic mass is 9.66. The van der Waals surface area contributed by atoms with Crippen LogP contribution in [-0.4, -0.2) is 54.9 Å². The van der Waals surface area contributed by atoms with Gasteiger partial charge in [0, 0.05) is 12.5 Å². The van der Waals surface area contributed by atoms with Crippen LogP contribution in [0.15, 0.2) is 24.3 Å². The summed E-state index contributed by atoms with van der Waals surface area (Å²) < 4.78 is 11.9. The topological polar surface area (TPSA) is 38.8 Å². The second-order valence-electron chi connectivity index (χ2n) is 12.4. The third-order valence-corrected chi connectivity index (χ3v) is 20.0. The van der Waals surface area contributed by atoms with Crippen LogP contribution in [-0.2, 0) is 16.8 Å². The van der Waals surface area contributed by atoms with Crippen molar-refractivity contribution in [1.29, 1.82) is 0 Å². The van der Waals surface area contributed by atoms with Crippen molar-refractivity contribution in [3.63, 3.8) is 0 Å². The van der Waals surface area contributed by atoms with Gasteiger partial charge < -0.3 is 14.4 Å². The summed E-state index contributed by atoms with van der Waals surface area (Å²) >= 11 is 4.50. The zero-order valence-electron chi connectivity index (χ0n) is 22.5. The second-order valence-corrected chi connectivity index (χ2v) is 21.6. The molecule has 0 N–H and O–H groups in total. The Labute approximate surface area is 226 Å². The van der Waals surface area contributed by atoms with E-state index in [4.69, 9.17) is 9.47 Å². The van der Waals surface area contributed by atoms with Crippen LogP contribution in [0.25, 0.3) is 0 Å². The fourth-order valence-electron chi connectivity index (χ4n) is 8.32. The summed E-state index contributed by atoms with van der Waals surface area (Å²) in [6, 6.07) is 4.44. The summed E-state index contributed by atoms with van der Waals surface area (Å²) in [6.07, 6.45) is 11.7. The molecule has 1 unspecified atom stereocenters. The Bertz CT molecular complexity index is 1080. The van der Waals surface area contributed by atoms with Gasteiger partial charge in [-0.05, 0) is 85.1 Å². The molecule has 5 aliphatic rings. The van der Waals surface area contributed by atoms with Crippen molar-refractivity contribution < 1.29 is 14.3 Å². The van der Waals surface area contributed by atoms with Crippen molar-refractivity contribution in [1.82, 2.24) is 4.90 Å². The number of thioether (sulfide) groups is 2. The minimum Gasteiger partial charge on any atom is -0.493 e. The Morgan fingerprint density at radius 1 is 1.03 bits per heavy atom. The molecule has 3 aliphatic heterocycles. The van der Waals surface area contributed by atoms with Crippen LogP contribution in [0.2, 0.25) is 19.6 Å². The van der Waals surface area contributed by atoms with Gasteiger partial charge in [0.2, 0.25) is 5.91 Å². The fourth-order valence-corrected chi connectivity index (χ4v) is 16.2. The average Bonchev–Trinajstić information content (AvgIpc) is 3.56. The molecule has 0 spiro atoms. The summed E-state index contributed by atoms with van der Waals surface area (Å²) in [6.45, 7) is 8.51. The van der Waals surface area contributed by atoms with Crippen LogP contribution in [0.3, 0.4) is 0 Å². The normalized spacial score (nSPS) is 33.9. The summed E-state index contributed by atoms with van der Waals surface area (Å²) in [5.74, 6) is 6.09. The number of methoxy groups -OCH3 is 2. The first kappa shape index (κ1) is 25.2. The molecule has 2 aliphatic carbocycles. The first-order chi connectivity index (χ1) is 17.3. The van der Waals surface area contributed by atoms with E-state index in [0.717, 1.165) is 37.3 Å². The molecule has 0 radical (unpaired) electrons. The van der Waals surface area contributed by atoms with Crippen LogP contribution >= 0.6 is 23.5 Å². The van der Waals surface area contributed by atoms with Gasteiger partial charge in [-0.1, -0.05) is 31.8 Å². The van der Waals surface area contributed by atoms with Crippen molar-refractivity contribution in [2.45, 2.75) is 67.4 Å². The van der Waals surface area contributed by atoms with E-state index in [2.05, 4.69) is 72.3 Å². The summed E-state index contributed by atoms with van der Waals surface area (Å²) in [7, 11) is 2.07. The number of nitrogens with zero attached hydrogens (tertiary/aromatic N) is 1. The molecule has 4 nitrogen and oxygen atoms in total. The number of allylic oxidation sites excluding steroid dienone is 2. The molecule has 1 saturated carbocycles. The molecule has 2 saturated heterocycles. The molecule has 6 rings (SSSR count). The Morgan fingerprint density at radius 2 is 1.72 bits per heavy atom. The number of benzene rings is 1. The van der Waals surface area contributed by atoms with Gasteiger partial charge >= 0.3 is 0 Å². The van der Waals surface area contributed by atoms with Crippen LogP contribution in [0, 0.1) is 23.7 Å². The maximum atomic E-state index is 14.0. The number of amides is 1. The van der Waals surface area contributed by atoms with Crippen LogP contribution in [0.1, 0.15) is 43.2 Å². The van der Waals surface area contributed by atoms with Gasteiger partial charge in [-0.15, -0.1) is 23.5 Å². The lowest BCUT2D eigenvalue weighted by Gasteiger charge is -2.50. The smallest absolute Gasteiger partial charge is 0.227 e. The summed E-state index contributed by atoms with van der Waals surface area (Å²) in [4.78, 5) is 16.4. The highest BCUT2D eigenvalue weighted by Crippen LogP contribution is 2.65. The SMILES string of the molecule is COc1cc2c(cc1OC)C1(CCCC3([Si](C)(C)C)SCCCS3)[C@H]3[C@@H](C(=O)N1CC2)[C@@H]1C=C[C@H]3C1. The lowest BCUT2D eigenvalue weighted by Crippen LogP contribution is -2.53. The molecular weight excluding hydrogens is 503 g/mol. The van der Waals surface area contributed by atoms with Gasteiger partial charge in [0.05, 0.1) is 37.5 Å². The van der Waals surface area contributed by atoms with Gasteiger partial charge in [-0.3, -0.25) is 4.79 Å². The predicted octanol–water partition coefficient (Wildman–Crippen LogP) is 6.35. The maximum absolute atomic E-state index is 14.0. The van der Waals surface area contributed by atoms with Crippen LogP contribution in [0.5, 0.6) is 11.5 Å². The molecule has 7 heteroatoms. The van der Waals surface area contributed by atoms with E-state index in [1.165, 1.54) is 41.9 Å². The Balaban J connectivity index is 1.42. The van der Waals surface area contributed by atoms with Crippen molar-refractivity contribution in [3.8, 4) is 11.5 Å². The largest absolute Gasteiger partial charge is 0.493 e. The van der Waals surface area contributed by atoms with Gasteiger partial charge in [-0.25, -0.2) is 0 Å². The number of hydrogen-bond acceptors (Lipinski definition) is 5. The Hall–Kier alpha value is -1.05. The number of carbonyl (C=O) groups excluding carboxylic acids is 1. The molecule has 1 amide bonds. The zero-order chi connectivity index (χ0) is 25.3. The molecule has 3 fully saturated rings. The average molecular weight is 544 g/mol. The minimum atomic E-state index is -1.38. The lowest BCUT2D eigenvalue weighted by molar-refractivity contribution is -0.135. The van der Waals surface area contributed by atoms with E-state index >= 15 is 0 Å². The zero-order valence-corrected chi connectivity index (χ0v) is 25.1. The minimum absolute atomic E-state index is 0.156. The number of hydrogen-bond donors (Lipinski definition) is 0. The van der Waals surface area contributed by atoms with E-state index < -0.39 is 8.07 Å². The summed E-state index contributed by atoms with van der Waals surface area (Å²) in [5.41, 5.74) is 2.48. The highest BCUT2D eigenvalue weighted by atomic mass is 32.2. The third kappa shape index (κ3) is 3.51. The molecule has 1 aromatic rings. The Morgan fingerprint density at radius 3 is 2.42 bits per heavy atom. The first-order valence-corrected chi connectivity index (χ1v) is 19.3. The van der Waals surface area contributed by atoms with Crippen molar-refractivity contribution in [3.05, 3.63) is 35.4 Å². The first-order valence-electron chi connectivity index (χ1n) is 13.8. The molecule has 5 atom stereocenters. The predicted molar refractivity (Wildman–Crippen MR) is 154 cm³/mol. The van der Waals surface area contributed by atoms with Gasteiger partial charge in [0.1, 0.15) is 0 Å². The van der Waals surface area contributed by atoms with Crippen LogP contribution < -0.4 is 9.47 Å². The highest BCUT2D eigenvalue weighted by Gasteiger charge is 2.67. The van der Waals surface area contributed by atoms with Crippen molar-refractivity contribution >= 4 is 37.5 Å². The number of fused-ring (bicyclic) bond motifs is 9. The maximum Gasteiger partial charge on any atom is 0.227 e. The Kier molecular flexibility index (Phi) is 6.32. The molecule has 0 aromatic heterocycles. The van der Waals surface area contributed by atoms with E-state index in [1.54, 1.807) is 14.2 Å². The molecule has 196 valence electrons. The molecular formula is C29H41NO3S2Si. The number of rotatable bonds is 7. The van der Waals surface area contributed by atoms with E-state index in [-0.39, 0.29) is 11.5 Å².